The van der Waals surface area contributed by atoms with Crippen LogP contribution in [-0.4, -0.2) is 37.6 Å². The maximum Gasteiger partial charge on any atom is 0.253 e. The first-order valence-corrected chi connectivity index (χ1v) is 10.2. The molecule has 154 valence electrons. The van der Waals surface area contributed by atoms with Crippen molar-refractivity contribution in [2.75, 3.05) is 26.7 Å². The average Bonchev–Trinajstić information content (AvgIpc) is 3.19. The molecule has 1 amide bonds. The highest BCUT2D eigenvalue weighted by molar-refractivity contribution is 6.32. The van der Waals surface area contributed by atoms with Gasteiger partial charge in [0.25, 0.3) is 5.91 Å². The third-order valence-electron chi connectivity index (χ3n) is 4.59. The summed E-state index contributed by atoms with van der Waals surface area (Å²) in [6, 6.07) is 10.6. The van der Waals surface area contributed by atoms with Crippen molar-refractivity contribution in [3.8, 4) is 17.2 Å². The number of carbonyl (C=O) groups excluding carboxylic acids is 1. The first-order valence-electron chi connectivity index (χ1n) is 9.85. The number of piperidine rings is 1. The van der Waals surface area contributed by atoms with E-state index in [1.165, 1.54) is 32.4 Å². The molecule has 1 saturated heterocycles. The largest absolute Gasteiger partial charge is 0.497 e. The van der Waals surface area contributed by atoms with E-state index in [0.717, 1.165) is 11.3 Å². The highest BCUT2D eigenvalue weighted by Gasteiger charge is 2.17. The molecule has 0 bridgehead atoms. The molecule has 0 atom stereocenters. The van der Waals surface area contributed by atoms with Crippen molar-refractivity contribution in [1.29, 1.82) is 0 Å². The predicted molar refractivity (Wildman–Crippen MR) is 116 cm³/mol. The van der Waals surface area contributed by atoms with Crippen LogP contribution in [0.5, 0.6) is 5.75 Å². The fourth-order valence-corrected chi connectivity index (χ4v) is 3.29. The topological polar surface area (TPSA) is 76.4 Å². The molecule has 3 aromatic rings. The lowest BCUT2D eigenvalue weighted by atomic mass is 10.1. The highest BCUT2D eigenvalue weighted by Crippen LogP contribution is 2.30. The third-order valence-corrected chi connectivity index (χ3v) is 4.80. The van der Waals surface area contributed by atoms with Crippen molar-refractivity contribution in [2.24, 2.45) is 0 Å². The number of nitrogens with zero attached hydrogens (tertiary/aromatic N) is 1. The Morgan fingerprint density at radius 1 is 1.21 bits per heavy atom. The summed E-state index contributed by atoms with van der Waals surface area (Å²) >= 11 is 6.08. The number of hydrogen-bond donors (Lipinski definition) is 2. The Hall–Kier alpha value is -2.57. The Balaban J connectivity index is 0.000000343. The summed E-state index contributed by atoms with van der Waals surface area (Å²) in [7, 11) is 1.61. The van der Waals surface area contributed by atoms with Gasteiger partial charge in [0.15, 0.2) is 5.58 Å². The Bertz CT molecular complexity index is 938. The zero-order valence-electron chi connectivity index (χ0n) is 16.8. The third kappa shape index (κ3) is 5.49. The van der Waals surface area contributed by atoms with Gasteiger partial charge in [0.1, 0.15) is 11.3 Å². The van der Waals surface area contributed by atoms with Gasteiger partial charge in [0.2, 0.25) is 5.89 Å². The first-order chi connectivity index (χ1) is 14.1. The van der Waals surface area contributed by atoms with Gasteiger partial charge < -0.3 is 19.8 Å². The number of halogens is 1. The number of carbonyl (C=O) groups is 1. The molecule has 6 nitrogen and oxygen atoms in total. The van der Waals surface area contributed by atoms with E-state index in [4.69, 9.17) is 20.8 Å². The van der Waals surface area contributed by atoms with Crippen molar-refractivity contribution >= 4 is 28.6 Å². The van der Waals surface area contributed by atoms with Crippen LogP contribution in [0.15, 0.2) is 40.8 Å². The van der Waals surface area contributed by atoms with Crippen LogP contribution in [0.1, 0.15) is 36.5 Å². The van der Waals surface area contributed by atoms with Crippen LogP contribution < -0.4 is 15.4 Å². The number of oxazole rings is 1. The second-order valence-corrected chi connectivity index (χ2v) is 7.15. The summed E-state index contributed by atoms with van der Waals surface area (Å²) in [5.41, 5.74) is 2.16. The summed E-state index contributed by atoms with van der Waals surface area (Å²) < 4.78 is 10.9. The van der Waals surface area contributed by atoms with Crippen molar-refractivity contribution in [2.45, 2.75) is 26.2 Å². The number of amides is 1. The van der Waals surface area contributed by atoms with Crippen LogP contribution in [0.25, 0.3) is 22.6 Å². The number of fused-ring (bicyclic) bond motifs is 1. The van der Waals surface area contributed by atoms with Crippen molar-refractivity contribution in [3.05, 3.63) is 47.0 Å². The molecular weight excluding hydrogens is 390 g/mol. The van der Waals surface area contributed by atoms with E-state index in [1.807, 2.05) is 31.2 Å². The molecule has 0 aliphatic carbocycles. The molecule has 7 heteroatoms. The average molecular weight is 416 g/mol. The van der Waals surface area contributed by atoms with Gasteiger partial charge >= 0.3 is 0 Å². The van der Waals surface area contributed by atoms with E-state index in [2.05, 4.69) is 15.6 Å². The van der Waals surface area contributed by atoms with Crippen molar-refractivity contribution in [1.82, 2.24) is 15.6 Å². The molecular formula is C22H26ClN3O3. The van der Waals surface area contributed by atoms with Gasteiger partial charge in [-0.2, -0.15) is 0 Å². The standard InChI is InChI=1S/C17H15ClN2O3.C5H11N/c1-3-19-16(21)13-8-11(18)9-14-15(13)20-17(23-14)10-4-6-12(22-2)7-5-10;1-2-4-6-5-3-1/h4-9H,3H2,1-2H3,(H,19,21);6H,1-5H2. The smallest absolute Gasteiger partial charge is 0.253 e. The lowest BCUT2D eigenvalue weighted by Crippen LogP contribution is -2.22. The second-order valence-electron chi connectivity index (χ2n) is 6.72. The van der Waals surface area contributed by atoms with E-state index in [1.54, 1.807) is 19.2 Å². The highest BCUT2D eigenvalue weighted by atomic mass is 35.5. The number of hydrogen-bond acceptors (Lipinski definition) is 5. The molecule has 1 fully saturated rings. The molecule has 2 heterocycles. The van der Waals surface area contributed by atoms with Gasteiger partial charge in [0.05, 0.1) is 12.7 Å². The molecule has 0 radical (unpaired) electrons. The minimum Gasteiger partial charge on any atom is -0.497 e. The van der Waals surface area contributed by atoms with Crippen LogP contribution in [-0.2, 0) is 0 Å². The van der Waals surface area contributed by atoms with Crippen LogP contribution in [0.2, 0.25) is 5.02 Å². The number of methoxy groups -OCH3 is 1. The lowest BCUT2D eigenvalue weighted by molar-refractivity contribution is 0.0957. The fraction of sp³-hybridized carbons (Fsp3) is 0.364. The summed E-state index contributed by atoms with van der Waals surface area (Å²) in [6.07, 6.45) is 4.22. The van der Waals surface area contributed by atoms with Crippen LogP contribution in [0, 0.1) is 0 Å². The fourth-order valence-electron chi connectivity index (χ4n) is 3.08. The Labute approximate surface area is 175 Å². The van der Waals surface area contributed by atoms with Gasteiger partial charge in [-0.25, -0.2) is 4.98 Å². The molecule has 4 rings (SSSR count). The minimum absolute atomic E-state index is 0.227. The molecule has 1 aliphatic rings. The SMILES string of the molecule is C1CCNCC1.CCNC(=O)c1cc(Cl)cc2oc(-c3ccc(OC)cc3)nc12. The monoisotopic (exact) mass is 415 g/mol. The molecule has 2 aromatic carbocycles. The van der Waals surface area contributed by atoms with E-state index >= 15 is 0 Å². The van der Waals surface area contributed by atoms with Gasteiger partial charge in [-0.05, 0) is 63.2 Å². The predicted octanol–water partition coefficient (Wildman–Crippen LogP) is 4.67. The normalized spacial score (nSPS) is 13.5. The van der Waals surface area contributed by atoms with Crippen LogP contribution in [0.4, 0.5) is 0 Å². The summed E-state index contributed by atoms with van der Waals surface area (Å²) in [4.78, 5) is 16.6. The Morgan fingerprint density at radius 2 is 1.93 bits per heavy atom. The number of rotatable bonds is 4. The zero-order chi connectivity index (χ0) is 20.6. The quantitative estimate of drug-likeness (QED) is 0.647. The number of nitrogens with one attached hydrogen (secondary N) is 2. The first kappa shape index (κ1) is 21.1. The van der Waals surface area contributed by atoms with Crippen LogP contribution >= 0.6 is 11.6 Å². The minimum atomic E-state index is -0.227. The van der Waals surface area contributed by atoms with Crippen molar-refractivity contribution < 1.29 is 13.9 Å². The maximum absolute atomic E-state index is 12.2. The van der Waals surface area contributed by atoms with Gasteiger partial charge in [-0.1, -0.05) is 18.0 Å². The van der Waals surface area contributed by atoms with E-state index in [0.29, 0.717) is 34.1 Å². The molecule has 29 heavy (non-hydrogen) atoms. The molecule has 2 N–H and O–H groups in total. The number of benzene rings is 2. The van der Waals surface area contributed by atoms with E-state index < -0.39 is 0 Å². The van der Waals surface area contributed by atoms with Crippen molar-refractivity contribution in [3.63, 3.8) is 0 Å². The summed E-state index contributed by atoms with van der Waals surface area (Å²) in [5.74, 6) is 0.945. The number of ether oxygens (including phenoxy) is 1. The molecule has 0 spiro atoms. The molecule has 0 unspecified atom stereocenters. The summed E-state index contributed by atoms with van der Waals surface area (Å²) in [5, 5.41) is 6.46. The Morgan fingerprint density at radius 3 is 2.48 bits per heavy atom. The van der Waals surface area contributed by atoms with Gasteiger partial charge in [0, 0.05) is 23.2 Å². The zero-order valence-corrected chi connectivity index (χ0v) is 17.5. The van der Waals surface area contributed by atoms with Crippen LogP contribution in [0.3, 0.4) is 0 Å². The second kappa shape index (κ2) is 10.3. The van der Waals surface area contributed by atoms with Gasteiger partial charge in [-0.15, -0.1) is 0 Å². The van der Waals surface area contributed by atoms with E-state index in [-0.39, 0.29) is 5.91 Å². The summed E-state index contributed by atoms with van der Waals surface area (Å²) in [6.45, 7) is 4.88. The molecule has 1 aliphatic heterocycles. The molecule has 0 saturated carbocycles. The van der Waals surface area contributed by atoms with Gasteiger partial charge in [-0.3, -0.25) is 4.79 Å². The lowest BCUT2D eigenvalue weighted by Gasteiger charge is -2.08. The Kier molecular flexibility index (Phi) is 7.49. The maximum atomic E-state index is 12.2. The number of aromatic nitrogens is 1. The van der Waals surface area contributed by atoms with E-state index in [9.17, 15) is 4.79 Å². The molecule has 1 aromatic heterocycles.